The number of rotatable bonds is 5. The molecule has 182 valence electrons. The third kappa shape index (κ3) is 5.07. The van der Waals surface area contributed by atoms with Crippen LogP contribution in [0, 0.1) is 11.3 Å². The van der Waals surface area contributed by atoms with Crippen molar-refractivity contribution in [1.29, 1.82) is 5.26 Å². The third-order valence-electron chi connectivity index (χ3n) is 5.98. The van der Waals surface area contributed by atoms with Crippen LogP contribution in [-0.4, -0.2) is 17.1 Å². The summed E-state index contributed by atoms with van der Waals surface area (Å²) in [5, 5.41) is 15.4. The minimum Gasteiger partial charge on any atom is -0.321 e. The number of para-hydroxylation sites is 1. The fourth-order valence-electron chi connectivity index (χ4n) is 4.21. The molecule has 37 heavy (non-hydrogen) atoms. The van der Waals surface area contributed by atoms with Crippen molar-refractivity contribution in [3.05, 3.63) is 117 Å². The second-order valence-electron chi connectivity index (χ2n) is 8.33. The number of anilines is 2. The molecule has 0 unspecified atom stereocenters. The van der Waals surface area contributed by atoms with E-state index in [1.54, 1.807) is 48.5 Å². The monoisotopic (exact) mass is 543 g/mol. The fraction of sp³-hybridized carbons (Fsp3) is 0.0690. The molecule has 1 atom stereocenters. The van der Waals surface area contributed by atoms with Crippen LogP contribution in [0.5, 0.6) is 0 Å². The predicted octanol–water partition coefficient (Wildman–Crippen LogP) is 7.21. The first-order valence-electron chi connectivity index (χ1n) is 11.4. The molecular formula is C29H19Cl2N3O2S. The van der Waals surface area contributed by atoms with E-state index in [4.69, 9.17) is 23.2 Å². The molecule has 0 bridgehead atoms. The van der Waals surface area contributed by atoms with Crippen molar-refractivity contribution in [1.82, 2.24) is 0 Å². The molecule has 0 aromatic heterocycles. The second-order valence-corrected chi connectivity index (χ2v) is 10.4. The lowest BCUT2D eigenvalue weighted by atomic mass is 10.1. The van der Waals surface area contributed by atoms with E-state index in [1.165, 1.54) is 16.7 Å². The molecule has 0 spiro atoms. The number of benzene rings is 4. The Labute approximate surface area is 228 Å². The highest BCUT2D eigenvalue weighted by Crippen LogP contribution is 2.42. The van der Waals surface area contributed by atoms with Gasteiger partial charge in [0.1, 0.15) is 16.7 Å². The van der Waals surface area contributed by atoms with Gasteiger partial charge in [0.05, 0.1) is 5.25 Å². The van der Waals surface area contributed by atoms with Crippen molar-refractivity contribution in [3.8, 4) is 6.07 Å². The van der Waals surface area contributed by atoms with Crippen LogP contribution < -0.4 is 10.2 Å². The summed E-state index contributed by atoms with van der Waals surface area (Å²) in [5.41, 5.74) is 1.77. The highest BCUT2D eigenvalue weighted by atomic mass is 35.5. The van der Waals surface area contributed by atoms with Crippen LogP contribution in [-0.2, 0) is 16.0 Å². The Balaban J connectivity index is 1.54. The summed E-state index contributed by atoms with van der Waals surface area (Å²) in [6.45, 7) is 0. The van der Waals surface area contributed by atoms with E-state index in [2.05, 4.69) is 5.32 Å². The summed E-state index contributed by atoms with van der Waals surface area (Å²) >= 11 is 13.6. The highest BCUT2D eigenvalue weighted by molar-refractivity contribution is 8.05. The Kier molecular flexibility index (Phi) is 7.20. The molecule has 5 nitrogen and oxygen atoms in total. The molecule has 1 N–H and O–H groups in total. The van der Waals surface area contributed by atoms with E-state index in [9.17, 15) is 14.9 Å². The molecule has 0 radical (unpaired) electrons. The van der Waals surface area contributed by atoms with Gasteiger partial charge in [-0.15, -0.1) is 0 Å². The van der Waals surface area contributed by atoms with Crippen molar-refractivity contribution in [2.24, 2.45) is 0 Å². The molecule has 0 aliphatic carbocycles. The quantitative estimate of drug-likeness (QED) is 0.213. The Morgan fingerprint density at radius 1 is 0.973 bits per heavy atom. The van der Waals surface area contributed by atoms with E-state index in [-0.39, 0.29) is 16.5 Å². The molecule has 1 fully saturated rings. The van der Waals surface area contributed by atoms with E-state index < -0.39 is 11.2 Å². The number of hydrogen-bond acceptors (Lipinski definition) is 4. The highest BCUT2D eigenvalue weighted by Gasteiger charge is 2.41. The van der Waals surface area contributed by atoms with Crippen LogP contribution in [0.3, 0.4) is 0 Å². The number of amides is 2. The molecule has 4 aromatic rings. The third-order valence-corrected chi connectivity index (χ3v) is 7.83. The maximum atomic E-state index is 13.6. The van der Waals surface area contributed by atoms with Crippen molar-refractivity contribution in [2.45, 2.75) is 11.7 Å². The summed E-state index contributed by atoms with van der Waals surface area (Å²) in [6, 6.07) is 29.4. The van der Waals surface area contributed by atoms with Crippen molar-refractivity contribution in [2.75, 3.05) is 10.2 Å². The standard InChI is InChI=1S/C29H19Cl2N3O2S/c30-20-14-13-19(24(31)16-20)15-26-28(36)34(21-9-2-1-3-10-21)29(37-26)23(17-32)27(35)33-25-12-6-8-18-7-4-5-11-22(18)25/h1-14,16,26H,15H2,(H,33,35)/b29-23-/t26-/m0/s1. The van der Waals surface area contributed by atoms with Gasteiger partial charge in [0, 0.05) is 26.8 Å². The number of halogens is 2. The van der Waals surface area contributed by atoms with Crippen molar-refractivity contribution < 1.29 is 9.59 Å². The zero-order chi connectivity index (χ0) is 25.9. The van der Waals surface area contributed by atoms with E-state index in [1.807, 2.05) is 48.5 Å². The Morgan fingerprint density at radius 3 is 2.46 bits per heavy atom. The van der Waals surface area contributed by atoms with Crippen molar-refractivity contribution in [3.63, 3.8) is 0 Å². The minimum absolute atomic E-state index is 0.139. The number of hydrogen-bond donors (Lipinski definition) is 1. The van der Waals surface area contributed by atoms with E-state index >= 15 is 0 Å². The summed E-state index contributed by atoms with van der Waals surface area (Å²) in [6.07, 6.45) is 0.315. The van der Waals surface area contributed by atoms with Crippen LogP contribution in [0.2, 0.25) is 10.0 Å². The number of nitrogens with zero attached hydrogens (tertiary/aromatic N) is 2. The zero-order valence-corrected chi connectivity index (χ0v) is 21.6. The summed E-state index contributed by atoms with van der Waals surface area (Å²) < 4.78 is 0. The molecule has 1 heterocycles. The molecule has 1 saturated heterocycles. The molecular weight excluding hydrogens is 525 g/mol. The summed E-state index contributed by atoms with van der Waals surface area (Å²) in [5.74, 6) is -0.816. The van der Waals surface area contributed by atoms with Crippen LogP contribution in [0.4, 0.5) is 11.4 Å². The van der Waals surface area contributed by atoms with Crippen molar-refractivity contribution >= 4 is 68.9 Å². The Morgan fingerprint density at radius 2 is 1.70 bits per heavy atom. The van der Waals surface area contributed by atoms with E-state index in [0.29, 0.717) is 27.8 Å². The summed E-state index contributed by atoms with van der Waals surface area (Å²) in [4.78, 5) is 28.5. The van der Waals surface area contributed by atoms with Gasteiger partial charge < -0.3 is 5.32 Å². The zero-order valence-electron chi connectivity index (χ0n) is 19.3. The number of thioether (sulfide) groups is 1. The van der Waals surface area contributed by atoms with Gasteiger partial charge in [0.2, 0.25) is 5.91 Å². The average Bonchev–Trinajstić information content (AvgIpc) is 3.22. The predicted molar refractivity (Wildman–Crippen MR) is 151 cm³/mol. The van der Waals surface area contributed by atoms with Gasteiger partial charge in [0.25, 0.3) is 5.91 Å². The summed E-state index contributed by atoms with van der Waals surface area (Å²) in [7, 11) is 0. The SMILES string of the molecule is N#C/C(C(=O)Nc1cccc2ccccc12)=C1/S[C@@H](Cc2ccc(Cl)cc2Cl)C(=O)N1c1ccccc1. The van der Waals surface area contributed by atoms with Crippen LogP contribution in [0.25, 0.3) is 10.8 Å². The topological polar surface area (TPSA) is 73.2 Å². The molecule has 1 aliphatic heterocycles. The second kappa shape index (κ2) is 10.7. The van der Waals surface area contributed by atoms with Crippen LogP contribution in [0.15, 0.2) is 102 Å². The first-order valence-corrected chi connectivity index (χ1v) is 13.0. The maximum absolute atomic E-state index is 13.6. The Bertz CT molecular complexity index is 1590. The van der Waals surface area contributed by atoms with E-state index in [0.717, 1.165) is 16.3 Å². The number of nitriles is 1. The lowest BCUT2D eigenvalue weighted by molar-refractivity contribution is -0.117. The van der Waals surface area contributed by atoms with Gasteiger partial charge in [-0.3, -0.25) is 14.5 Å². The fourth-order valence-corrected chi connectivity index (χ4v) is 5.99. The lowest BCUT2D eigenvalue weighted by Crippen LogP contribution is -2.31. The van der Waals surface area contributed by atoms with Gasteiger partial charge in [-0.25, -0.2) is 0 Å². The first-order chi connectivity index (χ1) is 18.0. The largest absolute Gasteiger partial charge is 0.321 e. The minimum atomic E-state index is -0.583. The number of fused-ring (bicyclic) bond motifs is 1. The van der Waals surface area contributed by atoms with Crippen LogP contribution >= 0.6 is 35.0 Å². The molecule has 8 heteroatoms. The number of nitrogens with one attached hydrogen (secondary N) is 1. The normalized spacial score (nSPS) is 16.5. The van der Waals surface area contributed by atoms with Gasteiger partial charge in [-0.2, -0.15) is 5.26 Å². The lowest BCUT2D eigenvalue weighted by Gasteiger charge is -2.18. The average molecular weight is 544 g/mol. The molecule has 1 aliphatic rings. The van der Waals surface area contributed by atoms with Gasteiger partial charge in [0.15, 0.2) is 0 Å². The molecule has 0 saturated carbocycles. The van der Waals surface area contributed by atoms with Gasteiger partial charge in [-0.05, 0) is 47.7 Å². The molecule has 5 rings (SSSR count). The van der Waals surface area contributed by atoms with Gasteiger partial charge >= 0.3 is 0 Å². The maximum Gasteiger partial charge on any atom is 0.269 e. The van der Waals surface area contributed by atoms with Gasteiger partial charge in [-0.1, -0.05) is 95.6 Å². The number of carbonyl (C=O) groups excluding carboxylic acids is 2. The molecule has 4 aromatic carbocycles. The smallest absolute Gasteiger partial charge is 0.269 e. The number of carbonyl (C=O) groups is 2. The van der Waals surface area contributed by atoms with Crippen LogP contribution in [0.1, 0.15) is 5.56 Å². The first kappa shape index (κ1) is 24.9. The Hall–Kier alpha value is -3.76. The molecule has 2 amide bonds.